The molecule has 1 aromatic carbocycles. The summed E-state index contributed by atoms with van der Waals surface area (Å²) in [6, 6.07) is 6.32. The Morgan fingerprint density at radius 3 is 2.88 bits per heavy atom. The minimum Gasteiger partial charge on any atom is -0.384 e. The molecule has 0 bridgehead atoms. The van der Waals surface area contributed by atoms with E-state index in [9.17, 15) is 18.4 Å². The molecule has 2 heterocycles. The summed E-state index contributed by atoms with van der Waals surface area (Å²) in [4.78, 5) is 29.8. The minimum absolute atomic E-state index is 0.00963. The molecule has 1 aromatic heterocycles. The summed E-state index contributed by atoms with van der Waals surface area (Å²) in [5, 5.41) is 8.83. The molecule has 0 fully saturated rings. The minimum atomic E-state index is -0.892. The van der Waals surface area contributed by atoms with Gasteiger partial charge in [-0.15, -0.1) is 0 Å². The number of hydrogen-bond acceptors (Lipinski definition) is 5. The predicted octanol–water partition coefficient (Wildman–Crippen LogP) is 2.33. The van der Waals surface area contributed by atoms with Crippen LogP contribution in [-0.2, 0) is 22.7 Å². The summed E-state index contributed by atoms with van der Waals surface area (Å²) < 4.78 is 26.6. The van der Waals surface area contributed by atoms with Crippen LogP contribution in [0.2, 0.25) is 0 Å². The second kappa shape index (κ2) is 9.66. The molecule has 174 valence electrons. The highest BCUT2D eigenvalue weighted by Crippen LogP contribution is 2.30. The average molecular weight is 456 g/mol. The summed E-state index contributed by atoms with van der Waals surface area (Å²) in [5.41, 5.74) is 9.07. The molecule has 3 atom stereocenters. The topological polar surface area (TPSA) is 109 Å². The number of anilines is 1. The fourth-order valence-electron chi connectivity index (χ4n) is 4.29. The molecule has 7 nitrogen and oxygen atoms in total. The Balaban J connectivity index is 1.38. The van der Waals surface area contributed by atoms with Gasteiger partial charge in [-0.2, -0.15) is 0 Å². The second-order valence-corrected chi connectivity index (χ2v) is 8.42. The Kier molecular flexibility index (Phi) is 6.69. The van der Waals surface area contributed by atoms with Gasteiger partial charge in [0.05, 0.1) is 6.04 Å². The monoisotopic (exact) mass is 455 g/mol. The third-order valence-corrected chi connectivity index (χ3v) is 6.11. The molecule has 2 aliphatic rings. The summed E-state index contributed by atoms with van der Waals surface area (Å²) >= 11 is 0. The fourth-order valence-corrected chi connectivity index (χ4v) is 4.29. The zero-order valence-corrected chi connectivity index (χ0v) is 18.3. The lowest BCUT2D eigenvalue weighted by atomic mass is 9.95. The zero-order chi connectivity index (χ0) is 23.5. The van der Waals surface area contributed by atoms with E-state index >= 15 is 0 Å². The van der Waals surface area contributed by atoms with Crippen LogP contribution in [0.5, 0.6) is 0 Å². The van der Waals surface area contributed by atoms with Crippen molar-refractivity contribution in [1.82, 2.24) is 20.9 Å². The highest BCUT2D eigenvalue weighted by atomic mass is 19.1. The number of alkyl halides is 1. The number of carbonyl (C=O) groups excluding carboxylic acids is 2. The SMILES string of the molecule is C[C@H](NC(=O)[C@H]1C=C(c2ccc(F)c(CF)c2)CCN1)C(=O)N[C@@H]1CCc2nc(N)ccc21. The maximum atomic E-state index is 13.6. The van der Waals surface area contributed by atoms with Gasteiger partial charge in [0.1, 0.15) is 30.4 Å². The van der Waals surface area contributed by atoms with Crippen molar-refractivity contribution in [3.63, 3.8) is 0 Å². The van der Waals surface area contributed by atoms with E-state index in [1.807, 2.05) is 6.07 Å². The van der Waals surface area contributed by atoms with Gasteiger partial charge in [0.2, 0.25) is 11.8 Å². The number of fused-ring (bicyclic) bond motifs is 1. The van der Waals surface area contributed by atoms with Gasteiger partial charge in [-0.05, 0) is 61.1 Å². The van der Waals surface area contributed by atoms with Crippen molar-refractivity contribution in [1.29, 1.82) is 0 Å². The van der Waals surface area contributed by atoms with Gasteiger partial charge in [0.15, 0.2) is 0 Å². The number of nitrogens with one attached hydrogen (secondary N) is 3. The van der Waals surface area contributed by atoms with Gasteiger partial charge in [0.25, 0.3) is 0 Å². The first-order valence-corrected chi connectivity index (χ1v) is 11.0. The Hall–Kier alpha value is -3.33. The van der Waals surface area contributed by atoms with Crippen LogP contribution >= 0.6 is 0 Å². The van der Waals surface area contributed by atoms with Gasteiger partial charge >= 0.3 is 0 Å². The number of benzene rings is 1. The predicted molar refractivity (Wildman–Crippen MR) is 121 cm³/mol. The van der Waals surface area contributed by atoms with E-state index in [1.165, 1.54) is 12.1 Å². The fraction of sp³-hybridized carbons (Fsp3) is 0.375. The molecule has 0 spiro atoms. The van der Waals surface area contributed by atoms with E-state index in [0.29, 0.717) is 24.3 Å². The molecule has 4 rings (SSSR count). The van der Waals surface area contributed by atoms with Crippen molar-refractivity contribution in [2.75, 3.05) is 12.3 Å². The second-order valence-electron chi connectivity index (χ2n) is 8.42. The molecule has 0 unspecified atom stereocenters. The average Bonchev–Trinajstić information content (AvgIpc) is 3.20. The van der Waals surface area contributed by atoms with Gasteiger partial charge in [0, 0.05) is 17.8 Å². The number of halogens is 2. The van der Waals surface area contributed by atoms with E-state index in [2.05, 4.69) is 20.9 Å². The smallest absolute Gasteiger partial charge is 0.242 e. The molecule has 2 amide bonds. The largest absolute Gasteiger partial charge is 0.384 e. The first-order chi connectivity index (χ1) is 15.9. The number of pyridine rings is 1. The molecular weight excluding hydrogens is 428 g/mol. The Labute approximate surface area is 190 Å². The van der Waals surface area contributed by atoms with Crippen molar-refractivity contribution < 1.29 is 18.4 Å². The first kappa shape index (κ1) is 22.8. The molecule has 0 saturated carbocycles. The summed E-state index contributed by atoms with van der Waals surface area (Å²) in [5.74, 6) is -0.766. The van der Waals surface area contributed by atoms with Crippen LogP contribution < -0.4 is 21.7 Å². The summed E-state index contributed by atoms with van der Waals surface area (Å²) in [7, 11) is 0. The number of carbonyl (C=O) groups is 2. The van der Waals surface area contributed by atoms with Crippen LogP contribution in [0, 0.1) is 5.82 Å². The van der Waals surface area contributed by atoms with E-state index in [0.717, 1.165) is 29.7 Å². The zero-order valence-electron chi connectivity index (χ0n) is 18.3. The number of amides is 2. The highest BCUT2D eigenvalue weighted by molar-refractivity contribution is 5.92. The molecule has 9 heteroatoms. The Bertz CT molecular complexity index is 1100. The van der Waals surface area contributed by atoms with E-state index < -0.39 is 24.6 Å². The molecule has 1 aliphatic heterocycles. The molecule has 0 radical (unpaired) electrons. The molecule has 33 heavy (non-hydrogen) atoms. The van der Waals surface area contributed by atoms with Crippen LogP contribution in [0.4, 0.5) is 14.6 Å². The van der Waals surface area contributed by atoms with Gasteiger partial charge in [-0.3, -0.25) is 9.59 Å². The number of rotatable bonds is 6. The number of nitrogens with zero attached hydrogens (tertiary/aromatic N) is 1. The number of hydrogen-bond donors (Lipinski definition) is 4. The highest BCUT2D eigenvalue weighted by Gasteiger charge is 2.29. The standard InChI is InChI=1S/C24H27F2N5O2/c1-13(23(32)31-20-6-5-19-17(20)3-7-22(27)30-19)29-24(33)21-11-15(8-9-28-21)14-2-4-18(26)16(10-14)12-25/h2-4,7,10-11,13,20-21,28H,5-6,8-9,12H2,1H3,(H2,27,30)(H,29,33)(H,31,32)/t13-,20+,21+/m0/s1. The lowest BCUT2D eigenvalue weighted by Crippen LogP contribution is -2.52. The Morgan fingerprint density at radius 2 is 2.09 bits per heavy atom. The number of aryl methyl sites for hydroxylation is 1. The van der Waals surface area contributed by atoms with Crippen molar-refractivity contribution >= 4 is 23.2 Å². The van der Waals surface area contributed by atoms with Crippen molar-refractivity contribution in [2.45, 2.75) is 51.0 Å². The third kappa shape index (κ3) is 5.03. The number of aromatic nitrogens is 1. The summed E-state index contributed by atoms with van der Waals surface area (Å²) in [6.07, 6.45) is 3.82. The van der Waals surface area contributed by atoms with E-state index in [-0.39, 0.29) is 23.4 Å². The van der Waals surface area contributed by atoms with Crippen LogP contribution in [-0.4, -0.2) is 35.4 Å². The van der Waals surface area contributed by atoms with Crippen molar-refractivity contribution in [2.24, 2.45) is 0 Å². The number of nitrogen functional groups attached to an aromatic ring is 1. The normalized spacial score (nSPS) is 20.5. The van der Waals surface area contributed by atoms with E-state index in [1.54, 1.807) is 25.1 Å². The molecular formula is C24H27F2N5O2. The van der Waals surface area contributed by atoms with Crippen LogP contribution in [0.1, 0.15) is 48.2 Å². The molecule has 2 aromatic rings. The van der Waals surface area contributed by atoms with Crippen molar-refractivity contribution in [3.05, 3.63) is 64.6 Å². The van der Waals surface area contributed by atoms with Crippen LogP contribution in [0.15, 0.2) is 36.4 Å². The van der Waals surface area contributed by atoms with Gasteiger partial charge < -0.3 is 21.7 Å². The van der Waals surface area contributed by atoms with Gasteiger partial charge in [-0.25, -0.2) is 13.8 Å². The number of nitrogens with two attached hydrogens (primary N) is 1. The molecule has 5 N–H and O–H groups in total. The van der Waals surface area contributed by atoms with E-state index in [4.69, 9.17) is 5.73 Å². The lowest BCUT2D eigenvalue weighted by Gasteiger charge is -2.25. The maximum absolute atomic E-state index is 13.6. The first-order valence-electron chi connectivity index (χ1n) is 11.0. The quantitative estimate of drug-likeness (QED) is 0.535. The van der Waals surface area contributed by atoms with Crippen molar-refractivity contribution in [3.8, 4) is 0 Å². The molecule has 1 aliphatic carbocycles. The Morgan fingerprint density at radius 1 is 1.27 bits per heavy atom. The summed E-state index contributed by atoms with van der Waals surface area (Å²) in [6.45, 7) is 1.27. The molecule has 0 saturated heterocycles. The third-order valence-electron chi connectivity index (χ3n) is 6.11. The van der Waals surface area contributed by atoms with Crippen LogP contribution in [0.3, 0.4) is 0 Å². The van der Waals surface area contributed by atoms with Gasteiger partial charge in [-0.1, -0.05) is 18.2 Å². The lowest BCUT2D eigenvalue weighted by molar-refractivity contribution is -0.129. The van der Waals surface area contributed by atoms with Crippen LogP contribution in [0.25, 0.3) is 5.57 Å². The maximum Gasteiger partial charge on any atom is 0.242 e.